The minimum absolute atomic E-state index is 0.0328. The predicted molar refractivity (Wildman–Crippen MR) is 145 cm³/mol. The SMILES string of the molecule is CCCCN(CCCC)c1ccc2cc(C(=O)NS(=O)(=O)c3ccccc3-c3ccccc3)oc2c1. The molecule has 6 nitrogen and oxygen atoms in total. The number of amides is 1. The molecule has 3 aromatic carbocycles. The molecule has 0 atom stereocenters. The molecule has 0 fully saturated rings. The van der Waals surface area contributed by atoms with E-state index in [2.05, 4.69) is 23.5 Å². The smallest absolute Gasteiger partial charge is 0.300 e. The fourth-order valence-electron chi connectivity index (χ4n) is 4.18. The van der Waals surface area contributed by atoms with Crippen molar-refractivity contribution < 1.29 is 17.6 Å². The molecular weight excluding hydrogens is 472 g/mol. The fourth-order valence-corrected chi connectivity index (χ4v) is 5.37. The van der Waals surface area contributed by atoms with Crippen LogP contribution in [0.2, 0.25) is 0 Å². The summed E-state index contributed by atoms with van der Waals surface area (Å²) < 4.78 is 34.4. The van der Waals surface area contributed by atoms with Crippen molar-refractivity contribution in [1.82, 2.24) is 4.72 Å². The number of unbranched alkanes of at least 4 members (excludes halogenated alkanes) is 2. The van der Waals surface area contributed by atoms with E-state index < -0.39 is 15.9 Å². The molecule has 7 heteroatoms. The number of hydrogen-bond donors (Lipinski definition) is 1. The van der Waals surface area contributed by atoms with Gasteiger partial charge in [0.25, 0.3) is 10.0 Å². The number of carbonyl (C=O) groups is 1. The average molecular weight is 505 g/mol. The molecule has 0 unspecified atom stereocenters. The number of hydrogen-bond acceptors (Lipinski definition) is 5. The maximum atomic E-state index is 13.2. The van der Waals surface area contributed by atoms with Gasteiger partial charge in [0.1, 0.15) is 5.58 Å². The second kappa shape index (κ2) is 11.4. The van der Waals surface area contributed by atoms with Crippen LogP contribution in [0.3, 0.4) is 0 Å². The second-order valence-corrected chi connectivity index (χ2v) is 10.5. The Kier molecular flexibility index (Phi) is 8.10. The van der Waals surface area contributed by atoms with Crippen LogP contribution in [0.4, 0.5) is 5.69 Å². The van der Waals surface area contributed by atoms with Gasteiger partial charge >= 0.3 is 5.91 Å². The zero-order valence-electron chi connectivity index (χ0n) is 20.7. The summed E-state index contributed by atoms with van der Waals surface area (Å²) in [6.45, 7) is 6.25. The normalized spacial score (nSPS) is 11.5. The molecule has 1 aromatic heterocycles. The molecule has 0 aliphatic heterocycles. The monoisotopic (exact) mass is 504 g/mol. The van der Waals surface area contributed by atoms with E-state index in [1.165, 1.54) is 6.07 Å². The lowest BCUT2D eigenvalue weighted by atomic mass is 10.1. The molecule has 0 spiro atoms. The average Bonchev–Trinajstić information content (AvgIpc) is 3.33. The number of benzene rings is 3. The van der Waals surface area contributed by atoms with Gasteiger partial charge < -0.3 is 9.32 Å². The van der Waals surface area contributed by atoms with Gasteiger partial charge in [-0.25, -0.2) is 13.1 Å². The van der Waals surface area contributed by atoms with Gasteiger partial charge in [0.05, 0.1) is 4.90 Å². The zero-order chi connectivity index (χ0) is 25.5. The van der Waals surface area contributed by atoms with Crippen LogP contribution in [0.5, 0.6) is 0 Å². The summed E-state index contributed by atoms with van der Waals surface area (Å²) in [6, 6.07) is 23.3. The molecule has 0 saturated carbocycles. The number of rotatable bonds is 11. The van der Waals surface area contributed by atoms with Crippen LogP contribution in [0.25, 0.3) is 22.1 Å². The van der Waals surface area contributed by atoms with Crippen molar-refractivity contribution >= 4 is 32.6 Å². The number of fused-ring (bicyclic) bond motifs is 1. The van der Waals surface area contributed by atoms with Gasteiger partial charge in [0.2, 0.25) is 0 Å². The van der Waals surface area contributed by atoms with E-state index in [1.54, 1.807) is 24.3 Å². The van der Waals surface area contributed by atoms with Gasteiger partial charge in [-0.3, -0.25) is 4.79 Å². The number of carbonyl (C=O) groups excluding carboxylic acids is 1. The summed E-state index contributed by atoms with van der Waals surface area (Å²) in [5, 5.41) is 0.747. The summed E-state index contributed by atoms with van der Waals surface area (Å²) in [5.74, 6) is -0.846. The lowest BCUT2D eigenvalue weighted by Gasteiger charge is -2.24. The predicted octanol–water partition coefficient (Wildman–Crippen LogP) is 6.63. The Morgan fingerprint density at radius 3 is 2.22 bits per heavy atom. The maximum absolute atomic E-state index is 13.2. The van der Waals surface area contributed by atoms with Gasteiger partial charge in [-0.15, -0.1) is 0 Å². The summed E-state index contributed by atoms with van der Waals surface area (Å²) in [5.41, 5.74) is 2.86. The molecule has 1 N–H and O–H groups in total. The van der Waals surface area contributed by atoms with Crippen LogP contribution in [-0.2, 0) is 10.0 Å². The highest BCUT2D eigenvalue weighted by Gasteiger charge is 2.24. The molecule has 0 bridgehead atoms. The Morgan fingerprint density at radius 2 is 1.53 bits per heavy atom. The first kappa shape index (κ1) is 25.5. The largest absolute Gasteiger partial charge is 0.451 e. The lowest BCUT2D eigenvalue weighted by molar-refractivity contribution is 0.0956. The lowest BCUT2D eigenvalue weighted by Crippen LogP contribution is -2.30. The molecule has 0 aliphatic carbocycles. The molecule has 1 heterocycles. The zero-order valence-corrected chi connectivity index (χ0v) is 21.6. The maximum Gasteiger partial charge on any atom is 0.300 e. The first-order valence-corrected chi connectivity index (χ1v) is 13.9. The highest BCUT2D eigenvalue weighted by atomic mass is 32.2. The Balaban J connectivity index is 1.58. The number of nitrogens with one attached hydrogen (secondary N) is 1. The minimum Gasteiger partial charge on any atom is -0.451 e. The Bertz CT molecular complexity index is 1420. The molecule has 0 radical (unpaired) electrons. The fraction of sp³-hybridized carbons (Fsp3) is 0.276. The second-order valence-electron chi connectivity index (χ2n) is 8.82. The third-order valence-corrected chi connectivity index (χ3v) is 7.53. The van der Waals surface area contributed by atoms with E-state index in [-0.39, 0.29) is 10.7 Å². The van der Waals surface area contributed by atoms with Crippen LogP contribution < -0.4 is 9.62 Å². The van der Waals surface area contributed by atoms with E-state index in [9.17, 15) is 13.2 Å². The molecule has 0 aliphatic rings. The third kappa shape index (κ3) is 5.79. The van der Waals surface area contributed by atoms with Crippen molar-refractivity contribution in [3.8, 4) is 11.1 Å². The Labute approximate surface area is 213 Å². The molecule has 4 rings (SSSR count). The molecule has 0 saturated heterocycles. The van der Waals surface area contributed by atoms with Crippen molar-refractivity contribution in [3.63, 3.8) is 0 Å². The van der Waals surface area contributed by atoms with Crippen molar-refractivity contribution in [3.05, 3.63) is 84.6 Å². The number of anilines is 1. The molecular formula is C29H32N2O4S. The molecule has 4 aromatic rings. The van der Waals surface area contributed by atoms with Crippen molar-refractivity contribution in [2.45, 2.75) is 44.4 Å². The summed E-state index contributed by atoms with van der Waals surface area (Å²) >= 11 is 0. The third-order valence-electron chi connectivity index (χ3n) is 6.14. The summed E-state index contributed by atoms with van der Waals surface area (Å²) in [7, 11) is -4.13. The minimum atomic E-state index is -4.13. The Morgan fingerprint density at radius 1 is 0.861 bits per heavy atom. The molecule has 1 amide bonds. The van der Waals surface area contributed by atoms with E-state index in [0.717, 1.165) is 55.4 Å². The first-order valence-electron chi connectivity index (χ1n) is 12.4. The summed E-state index contributed by atoms with van der Waals surface area (Å²) in [4.78, 5) is 15.3. The highest BCUT2D eigenvalue weighted by Crippen LogP contribution is 2.29. The van der Waals surface area contributed by atoms with E-state index in [1.807, 2.05) is 48.5 Å². The van der Waals surface area contributed by atoms with Crippen molar-refractivity contribution in [2.24, 2.45) is 0 Å². The van der Waals surface area contributed by atoms with Crippen molar-refractivity contribution in [2.75, 3.05) is 18.0 Å². The van der Waals surface area contributed by atoms with Crippen LogP contribution in [0, 0.1) is 0 Å². The van der Waals surface area contributed by atoms with Crippen LogP contribution >= 0.6 is 0 Å². The van der Waals surface area contributed by atoms with Gasteiger partial charge in [0, 0.05) is 35.8 Å². The van der Waals surface area contributed by atoms with Crippen LogP contribution in [-0.4, -0.2) is 27.4 Å². The van der Waals surface area contributed by atoms with Gasteiger partial charge in [-0.05, 0) is 42.7 Å². The number of sulfonamides is 1. The highest BCUT2D eigenvalue weighted by molar-refractivity contribution is 7.90. The van der Waals surface area contributed by atoms with Gasteiger partial charge in [-0.2, -0.15) is 0 Å². The Hall–Kier alpha value is -3.58. The standard InChI is InChI=1S/C29H32N2O4S/c1-3-5-18-31(19-6-4-2)24-17-16-23-20-27(35-26(23)21-24)29(32)30-36(33,34)28-15-11-10-14-25(28)22-12-8-7-9-13-22/h7-17,20-21H,3-6,18-19H2,1-2H3,(H,30,32). The van der Waals surface area contributed by atoms with Crippen LogP contribution in [0.15, 0.2) is 88.2 Å². The van der Waals surface area contributed by atoms with Gasteiger partial charge in [-0.1, -0.05) is 75.2 Å². The molecule has 188 valence electrons. The van der Waals surface area contributed by atoms with E-state index >= 15 is 0 Å². The molecule has 36 heavy (non-hydrogen) atoms. The topological polar surface area (TPSA) is 79.6 Å². The number of furan rings is 1. The number of nitrogens with zero attached hydrogens (tertiary/aromatic N) is 1. The van der Waals surface area contributed by atoms with Crippen molar-refractivity contribution in [1.29, 1.82) is 0 Å². The van der Waals surface area contributed by atoms with E-state index in [4.69, 9.17) is 4.42 Å². The quantitative estimate of drug-likeness (QED) is 0.248. The van der Waals surface area contributed by atoms with Crippen LogP contribution in [0.1, 0.15) is 50.1 Å². The summed E-state index contributed by atoms with van der Waals surface area (Å²) in [6.07, 6.45) is 4.40. The first-order chi connectivity index (χ1) is 17.4. The van der Waals surface area contributed by atoms with E-state index in [0.29, 0.717) is 11.1 Å². The van der Waals surface area contributed by atoms with Gasteiger partial charge in [0.15, 0.2) is 5.76 Å².